The van der Waals surface area contributed by atoms with E-state index in [4.69, 9.17) is 5.11 Å². The van der Waals surface area contributed by atoms with Gasteiger partial charge in [0.1, 0.15) is 0 Å². The molecule has 24 heavy (non-hydrogen) atoms. The monoisotopic (exact) mass is 329 g/mol. The lowest BCUT2D eigenvalue weighted by Crippen LogP contribution is -2.34. The van der Waals surface area contributed by atoms with E-state index in [-0.39, 0.29) is 18.9 Å². The number of aliphatic carboxylic acids is 1. The number of hydrogen-bond acceptors (Lipinski definition) is 3. The van der Waals surface area contributed by atoms with Crippen LogP contribution in [0.15, 0.2) is 30.3 Å². The van der Waals surface area contributed by atoms with Crippen molar-refractivity contribution < 1.29 is 14.7 Å². The van der Waals surface area contributed by atoms with Gasteiger partial charge in [-0.05, 0) is 26.0 Å². The van der Waals surface area contributed by atoms with Gasteiger partial charge in [-0.15, -0.1) is 0 Å². The first-order valence-electron chi connectivity index (χ1n) is 7.88. The minimum Gasteiger partial charge on any atom is -0.481 e. The van der Waals surface area contributed by atoms with E-state index >= 15 is 0 Å². The second kappa shape index (κ2) is 7.29. The molecule has 2 aromatic rings. The van der Waals surface area contributed by atoms with Crippen LogP contribution >= 0.6 is 0 Å². The van der Waals surface area contributed by atoms with Crippen molar-refractivity contribution in [3.63, 3.8) is 0 Å². The number of carbonyl (C=O) groups is 2. The van der Waals surface area contributed by atoms with Crippen LogP contribution in [0.5, 0.6) is 0 Å². The summed E-state index contributed by atoms with van der Waals surface area (Å²) in [4.78, 5) is 24.8. The Bertz CT molecular complexity index is 737. The molecule has 1 aromatic carbocycles. The standard InChI is InChI=1S/C18H23N3O3/c1-12(18(23)24)11-20(4)17(22)10-16-13(2)19-21(14(16)3)15-8-6-5-7-9-15/h5-9,12H,10-11H2,1-4H3,(H,23,24). The minimum atomic E-state index is -0.904. The molecule has 1 aromatic heterocycles. The molecule has 0 saturated heterocycles. The summed E-state index contributed by atoms with van der Waals surface area (Å²) in [5.41, 5.74) is 3.57. The zero-order valence-corrected chi connectivity index (χ0v) is 14.5. The van der Waals surface area contributed by atoms with Crippen molar-refractivity contribution in [2.45, 2.75) is 27.2 Å². The SMILES string of the molecule is Cc1nn(-c2ccccc2)c(C)c1CC(=O)N(C)CC(C)C(=O)O. The van der Waals surface area contributed by atoms with Gasteiger partial charge in [0.15, 0.2) is 0 Å². The molecule has 1 atom stereocenters. The number of aromatic nitrogens is 2. The first kappa shape index (κ1) is 17.7. The van der Waals surface area contributed by atoms with Crippen LogP contribution in [0.3, 0.4) is 0 Å². The van der Waals surface area contributed by atoms with Crippen LogP contribution in [-0.2, 0) is 16.0 Å². The largest absolute Gasteiger partial charge is 0.481 e. The molecule has 0 aliphatic heterocycles. The van der Waals surface area contributed by atoms with Gasteiger partial charge in [0.05, 0.1) is 23.7 Å². The third-order valence-electron chi connectivity index (χ3n) is 4.16. The number of para-hydroxylation sites is 1. The van der Waals surface area contributed by atoms with E-state index in [1.165, 1.54) is 4.90 Å². The lowest BCUT2D eigenvalue weighted by Gasteiger charge is -2.19. The highest BCUT2D eigenvalue weighted by atomic mass is 16.4. The number of rotatable bonds is 6. The van der Waals surface area contributed by atoms with E-state index in [9.17, 15) is 9.59 Å². The van der Waals surface area contributed by atoms with E-state index in [1.807, 2.05) is 48.9 Å². The summed E-state index contributed by atoms with van der Waals surface area (Å²) >= 11 is 0. The van der Waals surface area contributed by atoms with Crippen LogP contribution in [0.25, 0.3) is 5.69 Å². The van der Waals surface area contributed by atoms with Gasteiger partial charge in [-0.2, -0.15) is 5.10 Å². The minimum absolute atomic E-state index is 0.109. The fourth-order valence-corrected chi connectivity index (χ4v) is 2.63. The molecular weight excluding hydrogens is 306 g/mol. The summed E-state index contributed by atoms with van der Waals surface area (Å²) in [5, 5.41) is 13.5. The Morgan fingerprint density at radius 2 is 1.88 bits per heavy atom. The summed E-state index contributed by atoms with van der Waals surface area (Å²) in [6.07, 6.45) is 0.216. The van der Waals surface area contributed by atoms with Gasteiger partial charge < -0.3 is 10.0 Å². The summed E-state index contributed by atoms with van der Waals surface area (Å²) in [7, 11) is 1.63. The van der Waals surface area contributed by atoms with Gasteiger partial charge in [-0.3, -0.25) is 9.59 Å². The van der Waals surface area contributed by atoms with E-state index in [1.54, 1.807) is 14.0 Å². The number of amides is 1. The number of carboxylic acid groups (broad SMARTS) is 1. The quantitative estimate of drug-likeness (QED) is 0.881. The van der Waals surface area contributed by atoms with Crippen LogP contribution in [0.2, 0.25) is 0 Å². The number of nitrogens with zero attached hydrogens (tertiary/aromatic N) is 3. The molecule has 0 aliphatic rings. The highest BCUT2D eigenvalue weighted by Gasteiger charge is 2.21. The predicted molar refractivity (Wildman–Crippen MR) is 91.2 cm³/mol. The normalized spacial score (nSPS) is 12.0. The van der Waals surface area contributed by atoms with Gasteiger partial charge in [0.25, 0.3) is 0 Å². The number of benzene rings is 1. The van der Waals surface area contributed by atoms with E-state index in [0.29, 0.717) is 0 Å². The molecule has 0 spiro atoms. The Morgan fingerprint density at radius 3 is 2.46 bits per heavy atom. The van der Waals surface area contributed by atoms with Crippen LogP contribution in [-0.4, -0.2) is 45.3 Å². The Labute approximate surface area is 141 Å². The van der Waals surface area contributed by atoms with Crippen molar-refractivity contribution in [2.24, 2.45) is 5.92 Å². The molecule has 6 heteroatoms. The second-order valence-corrected chi connectivity index (χ2v) is 6.09. The van der Waals surface area contributed by atoms with Crippen molar-refractivity contribution in [2.75, 3.05) is 13.6 Å². The first-order valence-corrected chi connectivity index (χ1v) is 7.88. The first-order chi connectivity index (χ1) is 11.3. The zero-order valence-electron chi connectivity index (χ0n) is 14.5. The number of aryl methyl sites for hydroxylation is 1. The maximum Gasteiger partial charge on any atom is 0.308 e. The fourth-order valence-electron chi connectivity index (χ4n) is 2.63. The van der Waals surface area contributed by atoms with Crippen molar-refractivity contribution in [3.05, 3.63) is 47.3 Å². The smallest absolute Gasteiger partial charge is 0.308 e. The molecule has 0 radical (unpaired) electrons. The number of likely N-dealkylation sites (N-methyl/N-ethyl adjacent to an activating group) is 1. The predicted octanol–water partition coefficient (Wildman–Crippen LogP) is 2.21. The third kappa shape index (κ3) is 3.82. The Balaban J connectivity index is 2.17. The van der Waals surface area contributed by atoms with Gasteiger partial charge >= 0.3 is 5.97 Å². The Morgan fingerprint density at radius 1 is 1.25 bits per heavy atom. The third-order valence-corrected chi connectivity index (χ3v) is 4.16. The molecular formula is C18H23N3O3. The van der Waals surface area contributed by atoms with Crippen LogP contribution in [0.4, 0.5) is 0 Å². The average Bonchev–Trinajstić information content (AvgIpc) is 2.83. The van der Waals surface area contributed by atoms with E-state index < -0.39 is 11.9 Å². The van der Waals surface area contributed by atoms with Gasteiger partial charge in [-0.1, -0.05) is 25.1 Å². The van der Waals surface area contributed by atoms with Gasteiger partial charge in [0.2, 0.25) is 5.91 Å². The maximum atomic E-state index is 12.4. The van der Waals surface area contributed by atoms with Crippen molar-refractivity contribution >= 4 is 11.9 Å². The second-order valence-electron chi connectivity index (χ2n) is 6.09. The molecule has 1 unspecified atom stereocenters. The summed E-state index contributed by atoms with van der Waals surface area (Å²) in [6, 6.07) is 9.75. The number of carboxylic acids is 1. The molecule has 0 saturated carbocycles. The van der Waals surface area contributed by atoms with E-state index in [0.717, 1.165) is 22.6 Å². The summed E-state index contributed by atoms with van der Waals surface area (Å²) < 4.78 is 1.83. The van der Waals surface area contributed by atoms with E-state index in [2.05, 4.69) is 5.10 Å². The highest BCUT2D eigenvalue weighted by molar-refractivity contribution is 5.80. The lowest BCUT2D eigenvalue weighted by molar-refractivity contribution is -0.142. The molecule has 1 N–H and O–H groups in total. The molecule has 1 heterocycles. The van der Waals surface area contributed by atoms with Gasteiger partial charge in [0, 0.05) is 24.8 Å². The molecule has 1 amide bonds. The van der Waals surface area contributed by atoms with Gasteiger partial charge in [-0.25, -0.2) is 4.68 Å². The fraction of sp³-hybridized carbons (Fsp3) is 0.389. The van der Waals surface area contributed by atoms with Crippen LogP contribution in [0.1, 0.15) is 23.9 Å². The summed E-state index contributed by atoms with van der Waals surface area (Å²) in [6.45, 7) is 5.61. The Hall–Kier alpha value is -2.63. The summed E-state index contributed by atoms with van der Waals surface area (Å²) in [5.74, 6) is -1.60. The van der Waals surface area contributed by atoms with Crippen molar-refractivity contribution in [1.29, 1.82) is 0 Å². The van der Waals surface area contributed by atoms with Crippen LogP contribution < -0.4 is 0 Å². The highest BCUT2D eigenvalue weighted by Crippen LogP contribution is 2.19. The molecule has 0 bridgehead atoms. The molecule has 0 fully saturated rings. The van der Waals surface area contributed by atoms with Crippen molar-refractivity contribution in [1.82, 2.24) is 14.7 Å². The number of carbonyl (C=O) groups excluding carboxylic acids is 1. The lowest BCUT2D eigenvalue weighted by atomic mass is 10.1. The zero-order chi connectivity index (χ0) is 17.9. The maximum absolute atomic E-state index is 12.4. The molecule has 128 valence electrons. The molecule has 6 nitrogen and oxygen atoms in total. The number of hydrogen-bond donors (Lipinski definition) is 1. The Kier molecular flexibility index (Phi) is 5.39. The molecule has 0 aliphatic carbocycles. The average molecular weight is 329 g/mol. The topological polar surface area (TPSA) is 75.4 Å². The van der Waals surface area contributed by atoms with Crippen molar-refractivity contribution in [3.8, 4) is 5.69 Å². The van der Waals surface area contributed by atoms with Crippen LogP contribution in [0, 0.1) is 19.8 Å². The molecule has 2 rings (SSSR count).